The van der Waals surface area contributed by atoms with Crippen LogP contribution in [0.3, 0.4) is 0 Å². The number of carbonyl (C=O) groups is 1. The van der Waals surface area contributed by atoms with Crippen LogP contribution in [0, 0.1) is 12.8 Å². The van der Waals surface area contributed by atoms with Crippen LogP contribution in [-0.2, 0) is 24.1 Å². The third-order valence-electron chi connectivity index (χ3n) is 6.95. The van der Waals surface area contributed by atoms with Crippen molar-refractivity contribution < 1.29 is 4.79 Å². The van der Waals surface area contributed by atoms with Crippen molar-refractivity contribution in [2.75, 3.05) is 25.5 Å². The molecule has 0 aliphatic carbocycles. The molecular formula is C27H33ClN4O. The predicted molar refractivity (Wildman–Crippen MR) is 136 cm³/mol. The van der Waals surface area contributed by atoms with Gasteiger partial charge in [-0.15, -0.1) is 0 Å². The minimum Gasteiger partial charge on any atom is -0.310 e. The molecule has 1 amide bonds. The van der Waals surface area contributed by atoms with Gasteiger partial charge in [-0.2, -0.15) is 0 Å². The van der Waals surface area contributed by atoms with Crippen LogP contribution in [-0.4, -0.2) is 40.9 Å². The number of hydrogen-bond acceptors (Lipinski definition) is 4. The van der Waals surface area contributed by atoms with Crippen molar-refractivity contribution in [1.29, 1.82) is 0 Å². The molecule has 0 atom stereocenters. The van der Waals surface area contributed by atoms with E-state index in [0.29, 0.717) is 10.8 Å². The van der Waals surface area contributed by atoms with Gasteiger partial charge in [-0.05, 0) is 106 Å². The molecule has 0 unspecified atom stereocenters. The highest BCUT2D eigenvalue weighted by atomic mass is 35.5. The van der Waals surface area contributed by atoms with Crippen molar-refractivity contribution >= 4 is 34.2 Å². The van der Waals surface area contributed by atoms with Crippen LogP contribution in [0.4, 0.5) is 5.82 Å². The Morgan fingerprint density at radius 2 is 1.97 bits per heavy atom. The Balaban J connectivity index is 1.52. The van der Waals surface area contributed by atoms with Gasteiger partial charge >= 0.3 is 0 Å². The number of likely N-dealkylation sites (tertiary alicyclic amines) is 1. The molecule has 3 aromatic rings. The van der Waals surface area contributed by atoms with Crippen LogP contribution in [0.15, 0.2) is 36.7 Å². The maximum absolute atomic E-state index is 12.8. The lowest BCUT2D eigenvalue weighted by Gasteiger charge is -2.29. The first-order valence-electron chi connectivity index (χ1n) is 11.9. The summed E-state index contributed by atoms with van der Waals surface area (Å²) in [7, 11) is 2.21. The van der Waals surface area contributed by atoms with E-state index < -0.39 is 0 Å². The molecular weight excluding hydrogens is 432 g/mol. The number of hydrogen-bond donors (Lipinski definition) is 1. The molecule has 1 aromatic heterocycles. The second kappa shape index (κ2) is 10.6. The molecule has 0 bridgehead atoms. The molecule has 0 saturated carbocycles. The van der Waals surface area contributed by atoms with Crippen LogP contribution >= 0.6 is 11.6 Å². The molecule has 1 saturated heterocycles. The number of benzene rings is 2. The van der Waals surface area contributed by atoms with Crippen molar-refractivity contribution in [2.24, 2.45) is 5.92 Å². The lowest BCUT2D eigenvalue weighted by Crippen LogP contribution is -2.30. The number of nitrogens with one attached hydrogen (secondary N) is 1. The highest BCUT2D eigenvalue weighted by Gasteiger charge is 2.18. The summed E-state index contributed by atoms with van der Waals surface area (Å²) in [5.74, 6) is 1.23. The molecule has 1 aliphatic rings. The second-order valence-electron chi connectivity index (χ2n) is 9.26. The minimum atomic E-state index is -0.129. The Morgan fingerprint density at radius 1 is 1.18 bits per heavy atom. The number of halogens is 1. The number of aromatic nitrogens is 2. The Morgan fingerprint density at radius 3 is 2.70 bits per heavy atom. The second-order valence-corrected chi connectivity index (χ2v) is 9.67. The van der Waals surface area contributed by atoms with E-state index in [9.17, 15) is 4.79 Å². The van der Waals surface area contributed by atoms with Gasteiger partial charge in [0.2, 0.25) is 5.91 Å². The summed E-state index contributed by atoms with van der Waals surface area (Å²) in [6.07, 6.45) is 7.56. The first kappa shape index (κ1) is 23.7. The largest absolute Gasteiger partial charge is 0.310 e. The fraction of sp³-hybridized carbons (Fsp3) is 0.444. The van der Waals surface area contributed by atoms with Gasteiger partial charge in [-0.1, -0.05) is 30.7 Å². The molecule has 0 radical (unpaired) electrons. The molecule has 1 fully saturated rings. The molecule has 1 N–H and O–H groups in total. The minimum absolute atomic E-state index is 0.129. The average Bonchev–Trinajstić information content (AvgIpc) is 2.81. The molecule has 174 valence electrons. The Hall–Kier alpha value is -2.50. The van der Waals surface area contributed by atoms with Crippen molar-refractivity contribution in [3.8, 4) is 0 Å². The number of nitrogens with zero attached hydrogens (tertiary/aromatic N) is 3. The third kappa shape index (κ3) is 5.71. The quantitative estimate of drug-likeness (QED) is 0.493. The number of rotatable bonds is 7. The normalized spacial score (nSPS) is 15.2. The smallest absolute Gasteiger partial charge is 0.230 e. The molecule has 6 heteroatoms. The maximum atomic E-state index is 12.8. The van der Waals surface area contributed by atoms with E-state index in [4.69, 9.17) is 11.6 Å². The zero-order valence-corrected chi connectivity index (χ0v) is 20.6. The first-order chi connectivity index (χ1) is 15.9. The third-order valence-corrected chi connectivity index (χ3v) is 7.30. The van der Waals surface area contributed by atoms with Gasteiger partial charge in [0.1, 0.15) is 12.1 Å². The summed E-state index contributed by atoms with van der Waals surface area (Å²) >= 11 is 6.31. The van der Waals surface area contributed by atoms with Crippen molar-refractivity contribution in [1.82, 2.24) is 14.9 Å². The van der Waals surface area contributed by atoms with E-state index in [1.807, 2.05) is 25.1 Å². The summed E-state index contributed by atoms with van der Waals surface area (Å²) < 4.78 is 0. The lowest BCUT2D eigenvalue weighted by molar-refractivity contribution is -0.115. The van der Waals surface area contributed by atoms with E-state index in [0.717, 1.165) is 40.8 Å². The van der Waals surface area contributed by atoms with Gasteiger partial charge in [-0.25, -0.2) is 9.97 Å². The maximum Gasteiger partial charge on any atom is 0.230 e. The summed E-state index contributed by atoms with van der Waals surface area (Å²) in [6.45, 7) is 6.55. The zero-order chi connectivity index (χ0) is 23.4. The summed E-state index contributed by atoms with van der Waals surface area (Å²) in [4.78, 5) is 24.1. The van der Waals surface area contributed by atoms with Gasteiger partial charge < -0.3 is 10.2 Å². The van der Waals surface area contributed by atoms with Crippen LogP contribution in [0.2, 0.25) is 5.02 Å². The molecule has 2 heterocycles. The van der Waals surface area contributed by atoms with Crippen LogP contribution in [0.5, 0.6) is 0 Å². The van der Waals surface area contributed by atoms with Crippen LogP contribution in [0.25, 0.3) is 10.9 Å². The van der Waals surface area contributed by atoms with Crippen molar-refractivity contribution in [3.63, 3.8) is 0 Å². The Bertz CT molecular complexity index is 1120. The molecule has 5 nitrogen and oxygen atoms in total. The molecule has 1 aliphatic heterocycles. The standard InChI is InChI=1S/C27H33ClN4O/c1-4-20-14-23-25(15-21(20)9-8-19-10-12-32(3)13-11-19)29-17-30-27(23)31-26(33)16-22-18(2)6-5-7-24(22)28/h5-7,14-15,17,19H,4,8-13,16H2,1-3H3,(H,29,30,31,33). The van der Waals surface area contributed by atoms with E-state index in [1.165, 1.54) is 49.8 Å². The number of anilines is 1. The van der Waals surface area contributed by atoms with Crippen molar-refractivity contribution in [2.45, 2.75) is 52.4 Å². The SMILES string of the molecule is CCc1cc2c(NC(=O)Cc3c(C)cccc3Cl)ncnc2cc1CCC1CCN(C)CC1. The van der Waals surface area contributed by atoms with Gasteiger partial charge in [0, 0.05) is 10.4 Å². The molecule has 0 spiro atoms. The summed E-state index contributed by atoms with van der Waals surface area (Å²) in [5, 5.41) is 4.49. The highest BCUT2D eigenvalue weighted by molar-refractivity contribution is 6.31. The van der Waals surface area contributed by atoms with Crippen molar-refractivity contribution in [3.05, 3.63) is 63.9 Å². The molecule has 2 aromatic carbocycles. The fourth-order valence-corrected chi connectivity index (χ4v) is 5.08. The average molecular weight is 465 g/mol. The van der Waals surface area contributed by atoms with Gasteiger partial charge in [0.15, 0.2) is 0 Å². The molecule has 33 heavy (non-hydrogen) atoms. The predicted octanol–water partition coefficient (Wildman–Crippen LogP) is 5.61. The van der Waals surface area contributed by atoms with E-state index in [-0.39, 0.29) is 12.3 Å². The lowest BCUT2D eigenvalue weighted by atomic mass is 9.89. The number of carbonyl (C=O) groups excluding carboxylic acids is 1. The Kier molecular flexibility index (Phi) is 7.61. The summed E-state index contributed by atoms with van der Waals surface area (Å²) in [5.41, 5.74) is 5.41. The van der Waals surface area contributed by atoms with E-state index >= 15 is 0 Å². The van der Waals surface area contributed by atoms with E-state index in [2.05, 4.69) is 46.3 Å². The topological polar surface area (TPSA) is 58.1 Å². The van der Waals surface area contributed by atoms with Crippen LogP contribution in [0.1, 0.15) is 48.4 Å². The molecule has 4 rings (SSSR count). The fourth-order valence-electron chi connectivity index (χ4n) is 4.79. The van der Waals surface area contributed by atoms with Gasteiger partial charge in [-0.3, -0.25) is 4.79 Å². The van der Waals surface area contributed by atoms with Gasteiger partial charge in [0.25, 0.3) is 0 Å². The number of piperidine rings is 1. The number of amides is 1. The number of fused-ring (bicyclic) bond motifs is 1. The summed E-state index contributed by atoms with van der Waals surface area (Å²) in [6, 6.07) is 10.0. The van der Waals surface area contributed by atoms with Gasteiger partial charge in [0.05, 0.1) is 11.9 Å². The van der Waals surface area contributed by atoms with Crippen LogP contribution < -0.4 is 5.32 Å². The number of aryl methyl sites for hydroxylation is 3. The Labute approximate surface area is 201 Å². The first-order valence-corrected chi connectivity index (χ1v) is 12.3. The zero-order valence-electron chi connectivity index (χ0n) is 19.8. The highest BCUT2D eigenvalue weighted by Crippen LogP contribution is 2.28. The monoisotopic (exact) mass is 464 g/mol. The van der Waals surface area contributed by atoms with E-state index in [1.54, 1.807) is 0 Å².